The van der Waals surface area contributed by atoms with Gasteiger partial charge in [0.2, 0.25) is 5.88 Å². The summed E-state index contributed by atoms with van der Waals surface area (Å²) in [5.74, 6) is -0.213. The molecule has 1 aromatic heterocycles. The number of nitrogens with zero attached hydrogens (tertiary/aromatic N) is 2. The maximum absolute atomic E-state index is 12.6. The number of ether oxygens (including phenoxy) is 1. The minimum absolute atomic E-state index is 0.289. The van der Waals surface area contributed by atoms with Crippen LogP contribution in [0.25, 0.3) is 0 Å². The fourth-order valence-electron chi connectivity index (χ4n) is 1.19. The van der Waals surface area contributed by atoms with Gasteiger partial charge in [0.15, 0.2) is 0 Å². The molecule has 0 saturated carbocycles. The second-order valence-electron chi connectivity index (χ2n) is 3.15. The summed E-state index contributed by atoms with van der Waals surface area (Å²) in [5, 5.41) is 0. The molecular weight excluding hydrogens is 233 g/mol. The lowest BCUT2D eigenvalue weighted by Crippen LogP contribution is -2.08. The van der Waals surface area contributed by atoms with Crippen LogP contribution in [0.1, 0.15) is 5.56 Å². The molecule has 0 radical (unpaired) electrons. The lowest BCUT2D eigenvalue weighted by atomic mass is 10.3. The summed E-state index contributed by atoms with van der Waals surface area (Å²) in [6.07, 6.45) is -2.84. The largest absolute Gasteiger partial charge is 0.438 e. The third kappa shape index (κ3) is 2.72. The van der Waals surface area contributed by atoms with Crippen molar-refractivity contribution < 1.29 is 17.9 Å². The van der Waals surface area contributed by atoms with E-state index in [1.54, 1.807) is 30.3 Å². The van der Waals surface area contributed by atoms with Crippen molar-refractivity contribution in [3.05, 3.63) is 48.4 Å². The highest BCUT2D eigenvalue weighted by molar-refractivity contribution is 5.32. The number of rotatable bonds is 2. The quantitative estimate of drug-likeness (QED) is 0.807. The first kappa shape index (κ1) is 11.4. The highest BCUT2D eigenvalue weighted by Gasteiger charge is 2.35. The predicted molar refractivity (Wildman–Crippen MR) is 53.6 cm³/mol. The Labute approximate surface area is 94.9 Å². The van der Waals surface area contributed by atoms with Crippen LogP contribution in [0.2, 0.25) is 0 Å². The molecule has 0 fully saturated rings. The van der Waals surface area contributed by atoms with E-state index in [0.29, 0.717) is 6.20 Å². The maximum atomic E-state index is 12.6. The molecule has 2 rings (SSSR count). The molecule has 0 amide bonds. The number of hydrogen-bond donors (Lipinski definition) is 0. The van der Waals surface area contributed by atoms with Crippen LogP contribution >= 0.6 is 0 Å². The molecular formula is C11H7F3N2O. The second-order valence-corrected chi connectivity index (χ2v) is 3.15. The number of benzene rings is 1. The molecule has 2 aromatic rings. The molecule has 0 spiro atoms. The molecule has 6 heteroatoms. The standard InChI is InChI=1S/C11H7F3N2O/c12-11(13,14)9-6-15-7-16-10(9)17-8-4-2-1-3-5-8/h1-7H. The van der Waals surface area contributed by atoms with Crippen LogP contribution in [-0.4, -0.2) is 9.97 Å². The van der Waals surface area contributed by atoms with Crippen molar-refractivity contribution in [2.24, 2.45) is 0 Å². The molecule has 17 heavy (non-hydrogen) atoms. The van der Waals surface area contributed by atoms with E-state index >= 15 is 0 Å². The fourth-order valence-corrected chi connectivity index (χ4v) is 1.19. The van der Waals surface area contributed by atoms with Gasteiger partial charge in [-0.3, -0.25) is 0 Å². The van der Waals surface area contributed by atoms with Gasteiger partial charge in [-0.2, -0.15) is 13.2 Å². The fraction of sp³-hybridized carbons (Fsp3) is 0.0909. The zero-order valence-corrected chi connectivity index (χ0v) is 8.48. The predicted octanol–water partition coefficient (Wildman–Crippen LogP) is 3.29. The summed E-state index contributed by atoms with van der Waals surface area (Å²) >= 11 is 0. The normalized spacial score (nSPS) is 11.2. The van der Waals surface area contributed by atoms with Gasteiger partial charge in [0.25, 0.3) is 0 Å². The minimum Gasteiger partial charge on any atom is -0.438 e. The Balaban J connectivity index is 2.34. The first-order valence-electron chi connectivity index (χ1n) is 4.67. The summed E-state index contributed by atoms with van der Waals surface area (Å²) in [4.78, 5) is 6.83. The van der Waals surface area contributed by atoms with Crippen molar-refractivity contribution >= 4 is 0 Å². The summed E-state index contributed by atoms with van der Waals surface area (Å²) in [5.41, 5.74) is -0.996. The highest BCUT2D eigenvalue weighted by atomic mass is 19.4. The zero-order valence-electron chi connectivity index (χ0n) is 8.48. The molecule has 0 aliphatic heterocycles. The SMILES string of the molecule is FC(F)(F)c1cncnc1Oc1ccccc1. The van der Waals surface area contributed by atoms with Gasteiger partial charge in [0.1, 0.15) is 17.6 Å². The van der Waals surface area contributed by atoms with E-state index in [9.17, 15) is 13.2 Å². The molecule has 0 bridgehead atoms. The van der Waals surface area contributed by atoms with Crippen molar-refractivity contribution in [2.75, 3.05) is 0 Å². The molecule has 88 valence electrons. The molecule has 0 saturated heterocycles. The highest BCUT2D eigenvalue weighted by Crippen LogP contribution is 2.35. The van der Waals surface area contributed by atoms with E-state index in [0.717, 1.165) is 6.33 Å². The van der Waals surface area contributed by atoms with Gasteiger partial charge in [0, 0.05) is 6.20 Å². The van der Waals surface area contributed by atoms with E-state index in [1.807, 2.05) is 0 Å². The van der Waals surface area contributed by atoms with E-state index < -0.39 is 17.6 Å². The summed E-state index contributed by atoms with van der Waals surface area (Å²) < 4.78 is 42.8. The molecule has 1 aromatic carbocycles. The van der Waals surface area contributed by atoms with Crippen molar-refractivity contribution in [3.63, 3.8) is 0 Å². The van der Waals surface area contributed by atoms with Crippen LogP contribution in [0.4, 0.5) is 13.2 Å². The number of aromatic nitrogens is 2. The third-order valence-electron chi connectivity index (χ3n) is 1.94. The monoisotopic (exact) mass is 240 g/mol. The first-order valence-corrected chi connectivity index (χ1v) is 4.67. The number of para-hydroxylation sites is 1. The van der Waals surface area contributed by atoms with E-state index in [1.165, 1.54) is 0 Å². The van der Waals surface area contributed by atoms with Gasteiger partial charge in [-0.05, 0) is 12.1 Å². The smallest absolute Gasteiger partial charge is 0.423 e. The number of halogens is 3. The zero-order chi connectivity index (χ0) is 12.3. The number of hydrogen-bond acceptors (Lipinski definition) is 3. The molecule has 1 heterocycles. The van der Waals surface area contributed by atoms with E-state index in [4.69, 9.17) is 4.74 Å². The van der Waals surface area contributed by atoms with Crippen molar-refractivity contribution in [3.8, 4) is 11.6 Å². The Hall–Kier alpha value is -2.11. The Morgan fingerprint density at radius 2 is 1.76 bits per heavy atom. The average molecular weight is 240 g/mol. The van der Waals surface area contributed by atoms with Crippen LogP contribution in [0.5, 0.6) is 11.6 Å². The van der Waals surface area contributed by atoms with Gasteiger partial charge >= 0.3 is 6.18 Å². The summed E-state index contributed by atoms with van der Waals surface area (Å²) in [7, 11) is 0. The maximum Gasteiger partial charge on any atom is 0.423 e. The van der Waals surface area contributed by atoms with Crippen LogP contribution in [0, 0.1) is 0 Å². The molecule has 0 unspecified atom stereocenters. The molecule has 0 N–H and O–H groups in total. The lowest BCUT2D eigenvalue weighted by molar-refractivity contribution is -0.139. The average Bonchev–Trinajstić information content (AvgIpc) is 2.30. The van der Waals surface area contributed by atoms with E-state index in [-0.39, 0.29) is 5.75 Å². The van der Waals surface area contributed by atoms with Crippen molar-refractivity contribution in [1.29, 1.82) is 0 Å². The van der Waals surface area contributed by atoms with Crippen LogP contribution in [-0.2, 0) is 6.18 Å². The Morgan fingerprint density at radius 3 is 2.41 bits per heavy atom. The Morgan fingerprint density at radius 1 is 1.06 bits per heavy atom. The molecule has 0 aliphatic carbocycles. The molecule has 0 aliphatic rings. The van der Waals surface area contributed by atoms with Crippen LogP contribution < -0.4 is 4.74 Å². The van der Waals surface area contributed by atoms with Gasteiger partial charge < -0.3 is 4.74 Å². The Bertz CT molecular complexity index is 500. The summed E-state index contributed by atoms with van der Waals surface area (Å²) in [6, 6.07) is 8.13. The lowest BCUT2D eigenvalue weighted by Gasteiger charge is -2.11. The topological polar surface area (TPSA) is 35.0 Å². The van der Waals surface area contributed by atoms with Crippen LogP contribution in [0.15, 0.2) is 42.9 Å². The van der Waals surface area contributed by atoms with Crippen LogP contribution in [0.3, 0.4) is 0 Å². The van der Waals surface area contributed by atoms with E-state index in [2.05, 4.69) is 9.97 Å². The number of alkyl halides is 3. The second kappa shape index (κ2) is 4.40. The molecule has 3 nitrogen and oxygen atoms in total. The van der Waals surface area contributed by atoms with Gasteiger partial charge in [0.05, 0.1) is 0 Å². The third-order valence-corrected chi connectivity index (χ3v) is 1.94. The molecule has 0 atom stereocenters. The van der Waals surface area contributed by atoms with Gasteiger partial charge in [-0.1, -0.05) is 18.2 Å². The van der Waals surface area contributed by atoms with Gasteiger partial charge in [-0.25, -0.2) is 9.97 Å². The summed E-state index contributed by atoms with van der Waals surface area (Å²) in [6.45, 7) is 0. The van der Waals surface area contributed by atoms with Crippen molar-refractivity contribution in [1.82, 2.24) is 9.97 Å². The van der Waals surface area contributed by atoms with Crippen molar-refractivity contribution in [2.45, 2.75) is 6.18 Å². The Kier molecular flexibility index (Phi) is 2.95. The minimum atomic E-state index is -4.54. The first-order chi connectivity index (χ1) is 8.07. The van der Waals surface area contributed by atoms with Gasteiger partial charge in [-0.15, -0.1) is 0 Å².